The molecule has 0 spiro atoms. The van der Waals surface area contributed by atoms with Gasteiger partial charge in [0, 0.05) is 0 Å². The third-order valence-electron chi connectivity index (χ3n) is 3.51. The fourth-order valence-corrected chi connectivity index (χ4v) is 3.09. The third kappa shape index (κ3) is 7.96. The topological polar surface area (TPSA) is 12.0 Å². The minimum Gasteiger partial charge on any atom is -0.316 e. The van der Waals surface area contributed by atoms with E-state index in [1.54, 1.807) is 0 Å². The molecule has 0 saturated carbocycles. The lowest BCUT2D eigenvalue weighted by molar-refractivity contribution is 0.440. The number of thioether (sulfide) groups is 1. The van der Waals surface area contributed by atoms with Crippen molar-refractivity contribution in [3.8, 4) is 0 Å². The molecule has 0 aliphatic rings. The average molecular weight is 294 g/mol. The van der Waals surface area contributed by atoms with Gasteiger partial charge in [0.15, 0.2) is 0 Å². The van der Waals surface area contributed by atoms with Crippen molar-refractivity contribution in [1.29, 1.82) is 0 Å². The second kappa shape index (κ2) is 10.3. The van der Waals surface area contributed by atoms with E-state index in [-0.39, 0.29) is 0 Å². The molecule has 1 atom stereocenters. The summed E-state index contributed by atoms with van der Waals surface area (Å²) in [7, 11) is 0. The molecule has 1 aromatic carbocycles. The second-order valence-electron chi connectivity index (χ2n) is 6.09. The molecule has 0 heterocycles. The number of aryl methyl sites for hydroxylation is 1. The van der Waals surface area contributed by atoms with Crippen LogP contribution in [-0.4, -0.2) is 24.6 Å². The molecule has 0 radical (unpaired) electrons. The highest BCUT2D eigenvalue weighted by atomic mass is 32.2. The van der Waals surface area contributed by atoms with Gasteiger partial charge in [0.25, 0.3) is 0 Å². The molecule has 20 heavy (non-hydrogen) atoms. The number of nitrogens with one attached hydrogen (secondary N) is 1. The Morgan fingerprint density at radius 3 is 2.40 bits per heavy atom. The zero-order valence-electron chi connectivity index (χ0n) is 13.6. The molecule has 0 bridgehead atoms. The number of benzene rings is 1. The molecule has 0 aliphatic carbocycles. The van der Waals surface area contributed by atoms with Gasteiger partial charge in [0.05, 0.1) is 0 Å². The summed E-state index contributed by atoms with van der Waals surface area (Å²) in [5, 5.41) is 3.63. The van der Waals surface area contributed by atoms with Crippen LogP contribution in [0.1, 0.15) is 38.3 Å². The van der Waals surface area contributed by atoms with Crippen molar-refractivity contribution in [1.82, 2.24) is 5.32 Å². The van der Waals surface area contributed by atoms with Crippen LogP contribution in [0.5, 0.6) is 0 Å². The Morgan fingerprint density at radius 1 is 1.10 bits per heavy atom. The maximum atomic E-state index is 3.63. The number of hydrogen-bond donors (Lipinski definition) is 1. The van der Waals surface area contributed by atoms with Crippen LogP contribution in [0.2, 0.25) is 0 Å². The zero-order chi connectivity index (χ0) is 14.8. The molecule has 0 aromatic heterocycles. The molecule has 1 aromatic rings. The Balaban J connectivity index is 2.45. The van der Waals surface area contributed by atoms with Crippen molar-refractivity contribution >= 4 is 11.8 Å². The van der Waals surface area contributed by atoms with Gasteiger partial charge >= 0.3 is 0 Å². The Hall–Kier alpha value is -0.470. The van der Waals surface area contributed by atoms with Crippen LogP contribution in [0.3, 0.4) is 0 Å². The minimum absolute atomic E-state index is 0.736. The van der Waals surface area contributed by atoms with Crippen molar-refractivity contribution in [2.45, 2.75) is 40.5 Å². The van der Waals surface area contributed by atoms with E-state index in [0.29, 0.717) is 0 Å². The summed E-state index contributed by atoms with van der Waals surface area (Å²) < 4.78 is 0. The van der Waals surface area contributed by atoms with Crippen molar-refractivity contribution in [3.05, 3.63) is 35.4 Å². The van der Waals surface area contributed by atoms with Gasteiger partial charge in [-0.05, 0) is 61.8 Å². The van der Waals surface area contributed by atoms with E-state index >= 15 is 0 Å². The Kier molecular flexibility index (Phi) is 9.04. The van der Waals surface area contributed by atoms with Crippen molar-refractivity contribution in [3.63, 3.8) is 0 Å². The molecule has 0 fully saturated rings. The SMILES string of the molecule is CCSCCC(CNCC(C)C)Cc1ccc(C)cc1. The first-order valence-corrected chi connectivity index (χ1v) is 9.11. The third-order valence-corrected chi connectivity index (χ3v) is 4.44. The van der Waals surface area contributed by atoms with Crippen LogP contribution in [0.25, 0.3) is 0 Å². The first-order chi connectivity index (χ1) is 9.61. The van der Waals surface area contributed by atoms with Crippen LogP contribution >= 0.6 is 11.8 Å². The average Bonchev–Trinajstić information content (AvgIpc) is 2.41. The van der Waals surface area contributed by atoms with E-state index in [1.165, 1.54) is 35.5 Å². The van der Waals surface area contributed by atoms with E-state index in [9.17, 15) is 0 Å². The normalized spacial score (nSPS) is 12.8. The van der Waals surface area contributed by atoms with Gasteiger partial charge in [-0.3, -0.25) is 0 Å². The molecule has 1 rings (SSSR count). The molecular formula is C18H31NS. The van der Waals surface area contributed by atoms with Gasteiger partial charge in [-0.2, -0.15) is 11.8 Å². The van der Waals surface area contributed by atoms with Crippen LogP contribution in [0, 0.1) is 18.8 Å². The van der Waals surface area contributed by atoms with Crippen molar-refractivity contribution in [2.24, 2.45) is 11.8 Å². The fraction of sp³-hybridized carbons (Fsp3) is 0.667. The lowest BCUT2D eigenvalue weighted by Crippen LogP contribution is -2.28. The monoisotopic (exact) mass is 293 g/mol. The highest BCUT2D eigenvalue weighted by Gasteiger charge is 2.10. The number of hydrogen-bond acceptors (Lipinski definition) is 2. The maximum Gasteiger partial charge on any atom is -0.00169 e. The Labute approximate surface area is 129 Å². The molecule has 1 nitrogen and oxygen atoms in total. The largest absolute Gasteiger partial charge is 0.316 e. The van der Waals surface area contributed by atoms with E-state index in [1.807, 2.05) is 0 Å². The first kappa shape index (κ1) is 17.6. The highest BCUT2D eigenvalue weighted by Crippen LogP contribution is 2.16. The van der Waals surface area contributed by atoms with E-state index in [2.05, 4.69) is 69.0 Å². The molecule has 1 unspecified atom stereocenters. The summed E-state index contributed by atoms with van der Waals surface area (Å²) >= 11 is 2.06. The summed E-state index contributed by atoms with van der Waals surface area (Å²) in [6, 6.07) is 9.04. The summed E-state index contributed by atoms with van der Waals surface area (Å²) in [6.45, 7) is 11.2. The molecule has 0 aliphatic heterocycles. The summed E-state index contributed by atoms with van der Waals surface area (Å²) in [6.07, 6.45) is 2.52. The predicted molar refractivity (Wildman–Crippen MR) is 93.7 cm³/mol. The van der Waals surface area contributed by atoms with Crippen LogP contribution in [-0.2, 0) is 6.42 Å². The van der Waals surface area contributed by atoms with Gasteiger partial charge in [0.2, 0.25) is 0 Å². The van der Waals surface area contributed by atoms with Crippen LogP contribution < -0.4 is 5.32 Å². The molecule has 1 N–H and O–H groups in total. The van der Waals surface area contributed by atoms with E-state index in [0.717, 1.165) is 24.9 Å². The lowest BCUT2D eigenvalue weighted by atomic mass is 9.96. The quantitative estimate of drug-likeness (QED) is 0.636. The van der Waals surface area contributed by atoms with Crippen LogP contribution in [0.4, 0.5) is 0 Å². The second-order valence-corrected chi connectivity index (χ2v) is 7.49. The smallest absolute Gasteiger partial charge is 0.00169 e. The zero-order valence-corrected chi connectivity index (χ0v) is 14.4. The van der Waals surface area contributed by atoms with Gasteiger partial charge in [-0.25, -0.2) is 0 Å². The minimum atomic E-state index is 0.736. The first-order valence-electron chi connectivity index (χ1n) is 7.95. The van der Waals surface area contributed by atoms with Crippen molar-refractivity contribution in [2.75, 3.05) is 24.6 Å². The lowest BCUT2D eigenvalue weighted by Gasteiger charge is -2.18. The Morgan fingerprint density at radius 2 is 1.80 bits per heavy atom. The standard InChI is InChI=1S/C18H31NS/c1-5-20-11-10-18(14-19-13-15(2)3)12-17-8-6-16(4)7-9-17/h6-9,15,18-19H,5,10-14H2,1-4H3. The summed E-state index contributed by atoms with van der Waals surface area (Å²) in [4.78, 5) is 0. The van der Waals surface area contributed by atoms with Crippen LogP contribution in [0.15, 0.2) is 24.3 Å². The number of rotatable bonds is 10. The summed E-state index contributed by atoms with van der Waals surface area (Å²) in [5.41, 5.74) is 2.83. The van der Waals surface area contributed by atoms with Crippen molar-refractivity contribution < 1.29 is 0 Å². The highest BCUT2D eigenvalue weighted by molar-refractivity contribution is 7.99. The predicted octanol–water partition coefficient (Wildman–Crippen LogP) is 4.54. The van der Waals surface area contributed by atoms with E-state index < -0.39 is 0 Å². The summed E-state index contributed by atoms with van der Waals surface area (Å²) in [5.74, 6) is 4.02. The van der Waals surface area contributed by atoms with Gasteiger partial charge < -0.3 is 5.32 Å². The molecule has 0 saturated heterocycles. The van der Waals surface area contributed by atoms with Gasteiger partial charge in [-0.15, -0.1) is 0 Å². The molecule has 114 valence electrons. The van der Waals surface area contributed by atoms with Gasteiger partial charge in [-0.1, -0.05) is 50.6 Å². The maximum absolute atomic E-state index is 3.63. The van der Waals surface area contributed by atoms with E-state index in [4.69, 9.17) is 0 Å². The molecule has 0 amide bonds. The Bertz CT molecular complexity index is 345. The van der Waals surface area contributed by atoms with Gasteiger partial charge in [0.1, 0.15) is 0 Å². The molecule has 2 heteroatoms. The fourth-order valence-electron chi connectivity index (χ4n) is 2.30. The molecular weight excluding hydrogens is 262 g/mol.